The largest absolute Gasteiger partial charge is 0.349 e. The van der Waals surface area contributed by atoms with E-state index in [9.17, 15) is 4.79 Å². The number of amidine groups is 1. The zero-order valence-electron chi connectivity index (χ0n) is 8.50. The van der Waals surface area contributed by atoms with E-state index < -0.39 is 0 Å². The quantitative estimate of drug-likeness (QED) is 0.521. The summed E-state index contributed by atoms with van der Waals surface area (Å²) >= 11 is 0. The average molecular weight is 183 g/mol. The van der Waals surface area contributed by atoms with Crippen LogP contribution in [0.4, 0.5) is 0 Å². The second-order valence-electron chi connectivity index (χ2n) is 1.80. The van der Waals surface area contributed by atoms with E-state index in [1.54, 1.807) is 0 Å². The molecule has 0 unspecified atom stereocenters. The standard InChI is InChI=1S/C7H11N3O.C2H6/c1-4-9-7(8-3)5-10-6(2)11;1-2/h4H,1,3,5H2,2H3,(H,10,11);1-2H3. The monoisotopic (exact) mass is 183 g/mol. The molecule has 0 aromatic heterocycles. The Balaban J connectivity index is 0. The Kier molecular flexibility index (Phi) is 11.4. The number of nitrogens with zero attached hydrogens (tertiary/aromatic N) is 2. The number of nitrogens with one attached hydrogen (secondary N) is 1. The Bertz CT molecular complexity index is 197. The third kappa shape index (κ3) is 10.6. The van der Waals surface area contributed by atoms with Gasteiger partial charge in [-0.25, -0.2) is 9.98 Å². The molecule has 0 aliphatic carbocycles. The predicted molar refractivity (Wildman–Crippen MR) is 57.2 cm³/mol. The molecule has 0 rings (SSSR count). The van der Waals surface area contributed by atoms with Gasteiger partial charge in [0, 0.05) is 13.1 Å². The van der Waals surface area contributed by atoms with Crippen LogP contribution in [0.3, 0.4) is 0 Å². The lowest BCUT2D eigenvalue weighted by molar-refractivity contribution is -0.118. The molecule has 0 spiro atoms. The van der Waals surface area contributed by atoms with Gasteiger partial charge in [0.05, 0.1) is 6.54 Å². The number of carbonyl (C=O) groups is 1. The fourth-order valence-corrected chi connectivity index (χ4v) is 0.451. The van der Waals surface area contributed by atoms with E-state index in [0.717, 1.165) is 0 Å². The molecule has 1 N–H and O–H groups in total. The van der Waals surface area contributed by atoms with Crippen LogP contribution in [0, 0.1) is 0 Å². The Morgan fingerprint density at radius 1 is 1.54 bits per heavy atom. The minimum absolute atomic E-state index is 0.120. The van der Waals surface area contributed by atoms with E-state index in [0.29, 0.717) is 12.4 Å². The topological polar surface area (TPSA) is 53.8 Å². The van der Waals surface area contributed by atoms with Gasteiger partial charge in [-0.3, -0.25) is 4.79 Å². The van der Waals surface area contributed by atoms with Crippen molar-refractivity contribution in [1.29, 1.82) is 0 Å². The lowest BCUT2D eigenvalue weighted by atomic mass is 10.5. The maximum atomic E-state index is 10.4. The van der Waals surface area contributed by atoms with Crippen LogP contribution in [0.5, 0.6) is 0 Å². The van der Waals surface area contributed by atoms with Crippen molar-refractivity contribution < 1.29 is 4.79 Å². The van der Waals surface area contributed by atoms with Gasteiger partial charge in [-0.05, 0) is 6.72 Å². The van der Waals surface area contributed by atoms with Gasteiger partial charge in [-0.2, -0.15) is 0 Å². The Labute approximate surface area is 79.5 Å². The fourth-order valence-electron chi connectivity index (χ4n) is 0.451. The van der Waals surface area contributed by atoms with Crippen LogP contribution in [-0.4, -0.2) is 25.0 Å². The van der Waals surface area contributed by atoms with Gasteiger partial charge in [0.2, 0.25) is 5.91 Å². The molecule has 74 valence electrons. The van der Waals surface area contributed by atoms with Crippen LogP contribution in [-0.2, 0) is 4.79 Å². The summed E-state index contributed by atoms with van der Waals surface area (Å²) < 4.78 is 0. The maximum absolute atomic E-state index is 10.4. The highest BCUT2D eigenvalue weighted by molar-refractivity contribution is 5.91. The third-order valence-electron chi connectivity index (χ3n) is 0.918. The summed E-state index contributed by atoms with van der Waals surface area (Å²) in [5, 5.41) is 2.53. The summed E-state index contributed by atoms with van der Waals surface area (Å²) in [4.78, 5) is 17.7. The van der Waals surface area contributed by atoms with E-state index in [1.165, 1.54) is 13.1 Å². The molecule has 0 aromatic carbocycles. The maximum Gasteiger partial charge on any atom is 0.217 e. The highest BCUT2D eigenvalue weighted by Gasteiger charge is 1.94. The molecule has 0 saturated carbocycles. The molecule has 0 radical (unpaired) electrons. The van der Waals surface area contributed by atoms with Crippen molar-refractivity contribution in [2.24, 2.45) is 9.98 Å². The van der Waals surface area contributed by atoms with E-state index in [-0.39, 0.29) is 5.91 Å². The van der Waals surface area contributed by atoms with Gasteiger partial charge in [0.1, 0.15) is 5.84 Å². The van der Waals surface area contributed by atoms with Crippen molar-refractivity contribution in [3.05, 3.63) is 12.8 Å². The zero-order valence-corrected chi connectivity index (χ0v) is 8.50. The SMILES string of the molecule is C=CN=C(CNC(C)=O)N=C.CC. The Morgan fingerprint density at radius 2 is 2.08 bits per heavy atom. The number of amides is 1. The molecule has 0 aliphatic heterocycles. The lowest BCUT2D eigenvalue weighted by Gasteiger charge is -1.98. The van der Waals surface area contributed by atoms with Gasteiger partial charge in [0.15, 0.2) is 0 Å². The first kappa shape index (κ1) is 14.1. The van der Waals surface area contributed by atoms with Crippen LogP contribution >= 0.6 is 0 Å². The molecule has 0 fully saturated rings. The lowest BCUT2D eigenvalue weighted by Crippen LogP contribution is -2.26. The number of hydrogen-bond acceptors (Lipinski definition) is 2. The van der Waals surface area contributed by atoms with Gasteiger partial charge in [-0.1, -0.05) is 20.4 Å². The van der Waals surface area contributed by atoms with Crippen LogP contribution < -0.4 is 5.32 Å². The van der Waals surface area contributed by atoms with Crippen molar-refractivity contribution in [1.82, 2.24) is 5.32 Å². The molecule has 4 heteroatoms. The smallest absolute Gasteiger partial charge is 0.217 e. The van der Waals surface area contributed by atoms with E-state index in [4.69, 9.17) is 0 Å². The molecule has 0 saturated heterocycles. The summed E-state index contributed by atoms with van der Waals surface area (Å²) in [6.45, 7) is 12.4. The first-order valence-electron chi connectivity index (χ1n) is 4.09. The summed E-state index contributed by atoms with van der Waals surface area (Å²) in [6.07, 6.45) is 1.35. The van der Waals surface area contributed by atoms with Gasteiger partial charge < -0.3 is 5.32 Å². The summed E-state index contributed by atoms with van der Waals surface area (Å²) in [7, 11) is 0. The molecule has 4 nitrogen and oxygen atoms in total. The second kappa shape index (κ2) is 10.6. The van der Waals surface area contributed by atoms with Crippen molar-refractivity contribution >= 4 is 18.5 Å². The average Bonchev–Trinajstić information content (AvgIpc) is 2.15. The summed E-state index contributed by atoms with van der Waals surface area (Å²) in [5.74, 6) is 0.334. The highest BCUT2D eigenvalue weighted by Crippen LogP contribution is 1.79. The fraction of sp³-hybridized carbons (Fsp3) is 0.444. The molecule has 0 atom stereocenters. The zero-order chi connectivity index (χ0) is 10.7. The molecular formula is C9H17N3O. The van der Waals surface area contributed by atoms with Gasteiger partial charge in [-0.15, -0.1) is 0 Å². The van der Waals surface area contributed by atoms with Gasteiger partial charge in [0.25, 0.3) is 0 Å². The first-order valence-corrected chi connectivity index (χ1v) is 4.09. The first-order chi connectivity index (χ1) is 6.20. The number of carbonyl (C=O) groups excluding carboxylic acids is 1. The predicted octanol–water partition coefficient (Wildman–Crippen LogP) is 1.39. The highest BCUT2D eigenvalue weighted by atomic mass is 16.1. The normalized spacial score (nSPS) is 9.31. The van der Waals surface area contributed by atoms with Crippen molar-refractivity contribution in [2.45, 2.75) is 20.8 Å². The van der Waals surface area contributed by atoms with Crippen molar-refractivity contribution in [3.63, 3.8) is 0 Å². The van der Waals surface area contributed by atoms with Crippen LogP contribution in [0.1, 0.15) is 20.8 Å². The van der Waals surface area contributed by atoms with Crippen LogP contribution in [0.2, 0.25) is 0 Å². The summed E-state index contributed by atoms with van der Waals surface area (Å²) in [6, 6.07) is 0. The second-order valence-corrected chi connectivity index (χ2v) is 1.80. The number of aliphatic imine (C=N–C) groups is 2. The molecular weight excluding hydrogens is 166 g/mol. The molecule has 1 amide bonds. The van der Waals surface area contributed by atoms with Crippen molar-refractivity contribution in [3.8, 4) is 0 Å². The molecule has 0 aromatic rings. The molecule has 0 aliphatic rings. The minimum Gasteiger partial charge on any atom is -0.349 e. The van der Waals surface area contributed by atoms with E-state index >= 15 is 0 Å². The van der Waals surface area contributed by atoms with E-state index in [2.05, 4.69) is 28.6 Å². The molecule has 0 heterocycles. The number of rotatable bonds is 3. The van der Waals surface area contributed by atoms with Crippen LogP contribution in [0.25, 0.3) is 0 Å². The van der Waals surface area contributed by atoms with Crippen LogP contribution in [0.15, 0.2) is 22.8 Å². The third-order valence-corrected chi connectivity index (χ3v) is 0.918. The minimum atomic E-state index is -0.120. The summed E-state index contributed by atoms with van der Waals surface area (Å²) in [5.41, 5.74) is 0. The molecule has 13 heavy (non-hydrogen) atoms. The van der Waals surface area contributed by atoms with Gasteiger partial charge >= 0.3 is 0 Å². The Hall–Kier alpha value is -1.45. The Morgan fingerprint density at radius 3 is 2.38 bits per heavy atom. The number of hydrogen-bond donors (Lipinski definition) is 1. The molecule has 0 bridgehead atoms. The van der Waals surface area contributed by atoms with E-state index in [1.807, 2.05) is 13.8 Å². The van der Waals surface area contributed by atoms with Crippen molar-refractivity contribution in [2.75, 3.05) is 6.54 Å².